The molecule has 1 heterocycles. The number of hydrogen-bond acceptors (Lipinski definition) is 4. The molecule has 0 saturated carbocycles. The highest BCUT2D eigenvalue weighted by Gasteiger charge is 2.07. The van der Waals surface area contributed by atoms with Crippen LogP contribution in [0.15, 0.2) is 48.5 Å². The van der Waals surface area contributed by atoms with Crippen LogP contribution in [0.4, 0.5) is 5.69 Å². The van der Waals surface area contributed by atoms with Crippen LogP contribution in [-0.4, -0.2) is 18.0 Å². The predicted molar refractivity (Wildman–Crippen MR) is 95.6 cm³/mol. The summed E-state index contributed by atoms with van der Waals surface area (Å²) in [5.74, 6) is 0.297. The molecular weight excluding hydrogens is 326 g/mol. The fraction of sp³-hybridized carbons (Fsp3) is 0.111. The molecule has 0 radical (unpaired) electrons. The van der Waals surface area contributed by atoms with Gasteiger partial charge in [0.05, 0.1) is 12.6 Å². The van der Waals surface area contributed by atoms with Gasteiger partial charge < -0.3 is 15.8 Å². The molecule has 0 aliphatic rings. The highest BCUT2D eigenvalue weighted by Crippen LogP contribution is 2.25. The molecule has 0 saturated heterocycles. The molecule has 1 amide bonds. The minimum absolute atomic E-state index is 0.442. The van der Waals surface area contributed by atoms with E-state index in [1.807, 2.05) is 24.3 Å². The van der Waals surface area contributed by atoms with Crippen LogP contribution in [0.1, 0.15) is 15.9 Å². The maximum atomic E-state index is 11.1. The van der Waals surface area contributed by atoms with Crippen molar-refractivity contribution in [3.8, 4) is 5.75 Å². The van der Waals surface area contributed by atoms with Gasteiger partial charge in [-0.15, -0.1) is 0 Å². The number of nitrogens with one attached hydrogen (secondary N) is 1. The van der Waals surface area contributed by atoms with Crippen LogP contribution in [0, 0.1) is 0 Å². The lowest BCUT2D eigenvalue weighted by molar-refractivity contribution is 0.100. The van der Waals surface area contributed by atoms with Gasteiger partial charge in [-0.25, -0.2) is 4.98 Å². The highest BCUT2D eigenvalue weighted by molar-refractivity contribution is 6.30. The number of ether oxygens (including phenoxy) is 1. The predicted octanol–water partition coefficient (Wildman–Crippen LogP) is 3.61. The molecule has 0 spiro atoms. The van der Waals surface area contributed by atoms with Crippen molar-refractivity contribution >= 4 is 34.1 Å². The first-order valence-corrected chi connectivity index (χ1v) is 7.71. The zero-order chi connectivity index (χ0) is 17.1. The Labute approximate surface area is 144 Å². The summed E-state index contributed by atoms with van der Waals surface area (Å²) in [4.78, 5) is 15.5. The van der Waals surface area contributed by atoms with Gasteiger partial charge in [0.1, 0.15) is 10.9 Å². The van der Waals surface area contributed by atoms with Crippen molar-refractivity contribution in [3.05, 3.63) is 64.8 Å². The van der Waals surface area contributed by atoms with Gasteiger partial charge in [-0.3, -0.25) is 4.79 Å². The van der Waals surface area contributed by atoms with Crippen molar-refractivity contribution in [2.75, 3.05) is 12.4 Å². The molecule has 0 bridgehead atoms. The van der Waals surface area contributed by atoms with Gasteiger partial charge in [0.15, 0.2) is 0 Å². The van der Waals surface area contributed by atoms with E-state index in [0.717, 1.165) is 27.9 Å². The zero-order valence-electron chi connectivity index (χ0n) is 13.0. The topological polar surface area (TPSA) is 77.2 Å². The van der Waals surface area contributed by atoms with Crippen LogP contribution >= 0.6 is 11.6 Å². The molecule has 24 heavy (non-hydrogen) atoms. The van der Waals surface area contributed by atoms with E-state index in [2.05, 4.69) is 10.3 Å². The SMILES string of the molecule is COc1ccc2cc(CNc3ccc(C(N)=O)cc3)c(Cl)nc2c1. The Morgan fingerprint density at radius 1 is 1.21 bits per heavy atom. The Morgan fingerprint density at radius 3 is 2.62 bits per heavy atom. The van der Waals surface area contributed by atoms with E-state index in [1.54, 1.807) is 31.4 Å². The first kappa shape index (κ1) is 16.1. The second kappa shape index (κ2) is 6.76. The molecule has 0 aliphatic carbocycles. The Kier molecular flexibility index (Phi) is 4.53. The first-order valence-electron chi connectivity index (χ1n) is 7.34. The number of hydrogen-bond donors (Lipinski definition) is 2. The highest BCUT2D eigenvalue weighted by atomic mass is 35.5. The Hall–Kier alpha value is -2.79. The van der Waals surface area contributed by atoms with Crippen molar-refractivity contribution in [3.63, 3.8) is 0 Å². The van der Waals surface area contributed by atoms with E-state index < -0.39 is 5.91 Å². The largest absolute Gasteiger partial charge is 0.497 e. The van der Waals surface area contributed by atoms with Gasteiger partial charge in [-0.05, 0) is 42.5 Å². The molecule has 5 nitrogen and oxygen atoms in total. The van der Waals surface area contributed by atoms with Crippen LogP contribution in [0.2, 0.25) is 5.15 Å². The number of anilines is 1. The van der Waals surface area contributed by atoms with Gasteiger partial charge in [-0.1, -0.05) is 11.6 Å². The maximum Gasteiger partial charge on any atom is 0.248 e. The molecule has 3 rings (SSSR count). The number of fused-ring (bicyclic) bond motifs is 1. The van der Waals surface area contributed by atoms with Gasteiger partial charge >= 0.3 is 0 Å². The van der Waals surface area contributed by atoms with E-state index in [0.29, 0.717) is 17.3 Å². The fourth-order valence-corrected chi connectivity index (χ4v) is 2.58. The maximum absolute atomic E-state index is 11.1. The molecule has 1 aromatic heterocycles. The number of methoxy groups -OCH3 is 1. The molecule has 3 N–H and O–H groups in total. The summed E-state index contributed by atoms with van der Waals surface area (Å²) in [7, 11) is 1.62. The monoisotopic (exact) mass is 341 g/mol. The lowest BCUT2D eigenvalue weighted by Crippen LogP contribution is -2.10. The number of carbonyl (C=O) groups is 1. The number of nitrogens with two attached hydrogens (primary N) is 1. The number of carbonyl (C=O) groups excluding carboxylic acids is 1. The standard InChI is InChI=1S/C18H16ClN3O2/c1-24-15-7-4-12-8-13(17(19)22-16(12)9-15)10-21-14-5-2-11(3-6-14)18(20)23/h2-9,21H,10H2,1H3,(H2,20,23). The third-order valence-electron chi connectivity index (χ3n) is 3.70. The number of rotatable bonds is 5. The summed E-state index contributed by atoms with van der Waals surface area (Å²) in [5.41, 5.74) is 8.24. The average Bonchev–Trinajstić information content (AvgIpc) is 2.59. The van der Waals surface area contributed by atoms with Crippen LogP contribution in [0.25, 0.3) is 10.9 Å². The molecular formula is C18H16ClN3O2. The summed E-state index contributed by atoms with van der Waals surface area (Å²) in [6, 6.07) is 14.6. The quantitative estimate of drug-likeness (QED) is 0.695. The number of aromatic nitrogens is 1. The third kappa shape index (κ3) is 3.41. The number of benzene rings is 2. The Balaban J connectivity index is 1.79. The number of amides is 1. The van der Waals surface area contributed by atoms with Crippen LogP contribution in [-0.2, 0) is 6.54 Å². The number of halogens is 1. The smallest absolute Gasteiger partial charge is 0.248 e. The molecule has 122 valence electrons. The second-order valence-corrected chi connectivity index (χ2v) is 5.65. The second-order valence-electron chi connectivity index (χ2n) is 5.29. The normalized spacial score (nSPS) is 10.6. The zero-order valence-corrected chi connectivity index (χ0v) is 13.8. The fourth-order valence-electron chi connectivity index (χ4n) is 2.37. The lowest BCUT2D eigenvalue weighted by atomic mass is 10.1. The van der Waals surface area contributed by atoms with Crippen molar-refractivity contribution in [1.29, 1.82) is 0 Å². The molecule has 3 aromatic rings. The van der Waals surface area contributed by atoms with E-state index in [4.69, 9.17) is 22.1 Å². The van der Waals surface area contributed by atoms with Crippen molar-refractivity contribution in [2.45, 2.75) is 6.54 Å². The van der Waals surface area contributed by atoms with Crippen molar-refractivity contribution in [2.24, 2.45) is 5.73 Å². The van der Waals surface area contributed by atoms with E-state index in [9.17, 15) is 4.79 Å². The number of pyridine rings is 1. The number of primary amides is 1. The first-order chi connectivity index (χ1) is 11.6. The van der Waals surface area contributed by atoms with Gasteiger partial charge in [0.25, 0.3) is 0 Å². The van der Waals surface area contributed by atoms with Crippen LogP contribution in [0.5, 0.6) is 5.75 Å². The molecule has 0 unspecified atom stereocenters. The van der Waals surface area contributed by atoms with Gasteiger partial charge in [-0.2, -0.15) is 0 Å². The minimum atomic E-state index is -0.446. The summed E-state index contributed by atoms with van der Waals surface area (Å²) in [6.45, 7) is 0.518. The molecule has 0 atom stereocenters. The van der Waals surface area contributed by atoms with Crippen molar-refractivity contribution < 1.29 is 9.53 Å². The summed E-state index contributed by atoms with van der Waals surface area (Å²) >= 11 is 6.28. The third-order valence-corrected chi connectivity index (χ3v) is 4.03. The minimum Gasteiger partial charge on any atom is -0.497 e. The molecule has 2 aromatic carbocycles. The van der Waals surface area contributed by atoms with Crippen LogP contribution in [0.3, 0.4) is 0 Å². The van der Waals surface area contributed by atoms with Crippen molar-refractivity contribution in [1.82, 2.24) is 4.98 Å². The number of nitrogens with zero attached hydrogens (tertiary/aromatic N) is 1. The van der Waals surface area contributed by atoms with Gasteiger partial charge in [0, 0.05) is 34.8 Å². The average molecular weight is 342 g/mol. The molecule has 6 heteroatoms. The van der Waals surface area contributed by atoms with Crippen LogP contribution < -0.4 is 15.8 Å². The van der Waals surface area contributed by atoms with E-state index in [-0.39, 0.29) is 0 Å². The Bertz CT molecular complexity index is 895. The summed E-state index contributed by atoms with van der Waals surface area (Å²) < 4.78 is 5.20. The lowest BCUT2D eigenvalue weighted by Gasteiger charge is -2.10. The van der Waals surface area contributed by atoms with E-state index in [1.165, 1.54) is 0 Å². The molecule has 0 fully saturated rings. The summed E-state index contributed by atoms with van der Waals surface area (Å²) in [6.07, 6.45) is 0. The van der Waals surface area contributed by atoms with Gasteiger partial charge in [0.2, 0.25) is 5.91 Å². The Morgan fingerprint density at radius 2 is 1.96 bits per heavy atom. The molecule has 0 aliphatic heterocycles. The van der Waals surface area contributed by atoms with E-state index >= 15 is 0 Å². The summed E-state index contributed by atoms with van der Waals surface area (Å²) in [5, 5.41) is 4.68.